The smallest absolute Gasteiger partial charge is 0.323 e. The van der Waals surface area contributed by atoms with Crippen LogP contribution in [0.1, 0.15) is 36.8 Å². The Hall–Kier alpha value is -5.49. The first-order valence-electron chi connectivity index (χ1n) is 14.8. The molecule has 5 rings (SSSR count). The molecule has 0 unspecified atom stereocenters. The normalized spacial score (nSPS) is 12.5. The number of aromatic nitrogens is 4. The zero-order valence-corrected chi connectivity index (χ0v) is 26.3. The van der Waals surface area contributed by atoms with Gasteiger partial charge in [0.2, 0.25) is 0 Å². The second-order valence-corrected chi connectivity index (χ2v) is 11.1. The number of fused-ring (bicyclic) bond motifs is 1. The van der Waals surface area contributed by atoms with E-state index in [1.165, 1.54) is 10.9 Å². The van der Waals surface area contributed by atoms with E-state index in [1.807, 2.05) is 38.1 Å². The molecule has 2 aromatic carbocycles. The van der Waals surface area contributed by atoms with Crippen molar-refractivity contribution in [2.45, 2.75) is 46.4 Å². The molecule has 0 aliphatic carbocycles. The van der Waals surface area contributed by atoms with E-state index in [4.69, 9.17) is 19.9 Å². The number of benzene rings is 2. The van der Waals surface area contributed by atoms with Crippen LogP contribution < -0.4 is 26.1 Å². The van der Waals surface area contributed by atoms with Crippen molar-refractivity contribution in [1.82, 2.24) is 19.3 Å². The van der Waals surface area contributed by atoms with Crippen molar-refractivity contribution in [3.05, 3.63) is 101 Å². The summed E-state index contributed by atoms with van der Waals surface area (Å²) in [6.45, 7) is 7.16. The van der Waals surface area contributed by atoms with Gasteiger partial charge in [0.1, 0.15) is 40.8 Å². The molecule has 12 heteroatoms. The predicted molar refractivity (Wildman–Crippen MR) is 174 cm³/mol. The number of esters is 1. The molecule has 0 bridgehead atoms. The van der Waals surface area contributed by atoms with Gasteiger partial charge in [-0.1, -0.05) is 32.0 Å². The van der Waals surface area contributed by atoms with E-state index >= 15 is 0 Å². The van der Waals surface area contributed by atoms with Gasteiger partial charge in [-0.3, -0.25) is 24.0 Å². The van der Waals surface area contributed by atoms with Gasteiger partial charge in [-0.05, 0) is 62.2 Å². The third-order valence-electron chi connectivity index (χ3n) is 7.48. The lowest BCUT2D eigenvalue weighted by Gasteiger charge is -2.21. The fourth-order valence-electron chi connectivity index (χ4n) is 4.92. The number of nitrogens with zero attached hydrogens (tertiary/aromatic N) is 4. The number of para-hydroxylation sites is 1. The van der Waals surface area contributed by atoms with Gasteiger partial charge in [-0.2, -0.15) is 0 Å². The second kappa shape index (κ2) is 13.7. The molecule has 1 amide bonds. The highest BCUT2D eigenvalue weighted by molar-refractivity contribution is 6.04. The summed E-state index contributed by atoms with van der Waals surface area (Å²) >= 11 is 0. The minimum absolute atomic E-state index is 0.0675. The zero-order chi connectivity index (χ0) is 33.0. The van der Waals surface area contributed by atoms with Crippen LogP contribution in [0.25, 0.3) is 16.6 Å². The van der Waals surface area contributed by atoms with Crippen molar-refractivity contribution < 1.29 is 23.8 Å². The number of nitrogens with one attached hydrogen (secondary N) is 1. The molecule has 0 radical (unpaired) electrons. The molecule has 46 heavy (non-hydrogen) atoms. The third kappa shape index (κ3) is 6.76. The highest BCUT2D eigenvalue weighted by atomic mass is 16.5. The number of hydrogen-bond donors (Lipinski definition) is 2. The average molecular weight is 625 g/mol. The van der Waals surface area contributed by atoms with Crippen LogP contribution in [0, 0.1) is 12.8 Å². The molecule has 3 N–H and O–H groups in total. The molecule has 0 spiro atoms. The van der Waals surface area contributed by atoms with Gasteiger partial charge in [0.15, 0.2) is 0 Å². The minimum Gasteiger partial charge on any atom is -0.497 e. The lowest BCUT2D eigenvalue weighted by molar-refractivity contribution is -0.151. The number of nitrogens with two attached hydrogens (primary N) is 1. The number of amides is 1. The lowest BCUT2D eigenvalue weighted by Crippen LogP contribution is -2.39. The van der Waals surface area contributed by atoms with Crippen molar-refractivity contribution in [2.75, 3.05) is 12.4 Å². The number of methoxy groups -OCH3 is 1. The molecule has 3 heterocycles. The lowest BCUT2D eigenvalue weighted by atomic mass is 10.1. The largest absolute Gasteiger partial charge is 0.497 e. The molecule has 3 aromatic heterocycles. The van der Waals surface area contributed by atoms with E-state index in [0.717, 1.165) is 5.39 Å². The van der Waals surface area contributed by atoms with Crippen LogP contribution in [0.4, 0.5) is 5.82 Å². The highest BCUT2D eigenvalue weighted by Crippen LogP contribution is 2.31. The highest BCUT2D eigenvalue weighted by Gasteiger charge is 2.27. The molecule has 0 fully saturated rings. The monoisotopic (exact) mass is 624 g/mol. The Balaban J connectivity index is 1.37. The van der Waals surface area contributed by atoms with Gasteiger partial charge in [0, 0.05) is 17.6 Å². The number of hydrogen-bond acceptors (Lipinski definition) is 9. The molecular formula is C34H36N6O6. The van der Waals surface area contributed by atoms with Crippen molar-refractivity contribution in [1.29, 1.82) is 0 Å². The fourth-order valence-corrected chi connectivity index (χ4v) is 4.92. The Morgan fingerprint density at radius 3 is 2.39 bits per heavy atom. The van der Waals surface area contributed by atoms with E-state index in [0.29, 0.717) is 34.1 Å². The first kappa shape index (κ1) is 31.9. The van der Waals surface area contributed by atoms with E-state index in [1.54, 1.807) is 74.3 Å². The Morgan fingerprint density at radius 2 is 1.72 bits per heavy atom. The predicted octanol–water partition coefficient (Wildman–Crippen LogP) is 4.86. The number of rotatable bonds is 11. The minimum atomic E-state index is -0.775. The summed E-state index contributed by atoms with van der Waals surface area (Å²) in [5, 5.41) is 3.51. The first-order chi connectivity index (χ1) is 22.1. The summed E-state index contributed by atoms with van der Waals surface area (Å²) in [5.74, 6) is 0.669. The maximum absolute atomic E-state index is 13.7. The first-order valence-corrected chi connectivity index (χ1v) is 14.8. The van der Waals surface area contributed by atoms with Gasteiger partial charge in [0.25, 0.3) is 11.5 Å². The number of anilines is 1. The van der Waals surface area contributed by atoms with Crippen LogP contribution in [0.5, 0.6) is 17.2 Å². The number of carbonyl (C=O) groups excluding carboxylic acids is 2. The van der Waals surface area contributed by atoms with Gasteiger partial charge < -0.3 is 25.3 Å². The maximum atomic E-state index is 13.7. The van der Waals surface area contributed by atoms with Crippen LogP contribution in [-0.4, -0.2) is 50.5 Å². The van der Waals surface area contributed by atoms with E-state index < -0.39 is 29.6 Å². The van der Waals surface area contributed by atoms with Crippen molar-refractivity contribution in [2.24, 2.45) is 11.7 Å². The quantitative estimate of drug-likeness (QED) is 0.196. The molecule has 0 aliphatic rings. The summed E-state index contributed by atoms with van der Waals surface area (Å²) in [6.07, 6.45) is 2.48. The number of pyridine rings is 2. The molecule has 2 atom stereocenters. The number of ether oxygens (including phenoxy) is 3. The topological polar surface area (TPSA) is 153 Å². The summed E-state index contributed by atoms with van der Waals surface area (Å²) in [7, 11) is 1.59. The Bertz CT molecular complexity index is 1920. The summed E-state index contributed by atoms with van der Waals surface area (Å²) < 4.78 is 19.9. The summed E-state index contributed by atoms with van der Waals surface area (Å²) in [5.41, 5.74) is 7.02. The Kier molecular flexibility index (Phi) is 9.47. The molecular weight excluding hydrogens is 588 g/mol. The van der Waals surface area contributed by atoms with Crippen molar-refractivity contribution >= 4 is 28.6 Å². The second-order valence-electron chi connectivity index (χ2n) is 11.1. The molecule has 238 valence electrons. The van der Waals surface area contributed by atoms with E-state index in [9.17, 15) is 14.4 Å². The maximum Gasteiger partial charge on any atom is 0.323 e. The zero-order valence-electron chi connectivity index (χ0n) is 26.3. The SMILES string of the molecule is COc1ccc2c(Oc3ccc(NC(=O)c4c(C)n(C[C@@H](C)OC(=O)[C@@H](N)C(C)C)n(-c5ccccc5)c4=O)nc3)ccnc2c1. The van der Waals surface area contributed by atoms with Gasteiger partial charge >= 0.3 is 5.97 Å². The molecule has 5 aromatic rings. The van der Waals surface area contributed by atoms with Crippen LogP contribution in [0.15, 0.2) is 83.9 Å². The van der Waals surface area contributed by atoms with E-state index in [2.05, 4.69) is 15.3 Å². The van der Waals surface area contributed by atoms with Crippen LogP contribution in [-0.2, 0) is 16.1 Å². The average Bonchev–Trinajstić information content (AvgIpc) is 3.29. The van der Waals surface area contributed by atoms with Gasteiger partial charge in [-0.25, -0.2) is 9.67 Å². The van der Waals surface area contributed by atoms with Gasteiger partial charge in [0.05, 0.1) is 36.7 Å². The molecule has 0 aliphatic heterocycles. The summed E-state index contributed by atoms with van der Waals surface area (Å²) in [4.78, 5) is 48.5. The van der Waals surface area contributed by atoms with Gasteiger partial charge in [-0.15, -0.1) is 0 Å². The third-order valence-corrected chi connectivity index (χ3v) is 7.48. The molecule has 0 saturated carbocycles. The molecule has 12 nitrogen and oxygen atoms in total. The van der Waals surface area contributed by atoms with Crippen LogP contribution in [0.2, 0.25) is 0 Å². The van der Waals surface area contributed by atoms with Crippen LogP contribution >= 0.6 is 0 Å². The fraction of sp³-hybridized carbons (Fsp3) is 0.265. The van der Waals surface area contributed by atoms with Crippen molar-refractivity contribution in [3.8, 4) is 22.9 Å². The number of carbonyl (C=O) groups is 2. The van der Waals surface area contributed by atoms with E-state index in [-0.39, 0.29) is 23.8 Å². The standard InChI is InChI=1S/C34H36N6O6/c1-20(2)31(35)34(43)45-21(3)19-39-22(4)30(33(42)40(39)23-9-7-6-8-10-23)32(41)38-29-14-12-25(18-37-29)46-28-15-16-36-27-17-24(44-5)11-13-26(27)28/h6-18,20-21,31H,19,35H2,1-5H3,(H,37,38,41)/t21-,31+/m1/s1. The van der Waals surface area contributed by atoms with Crippen molar-refractivity contribution in [3.63, 3.8) is 0 Å². The summed E-state index contributed by atoms with van der Waals surface area (Å²) in [6, 6.07) is 18.6. The van der Waals surface area contributed by atoms with Crippen LogP contribution in [0.3, 0.4) is 0 Å². The Morgan fingerprint density at radius 1 is 0.978 bits per heavy atom. The Labute approximate surface area is 265 Å². The molecule has 0 saturated heterocycles.